The Labute approximate surface area is 276 Å². The van der Waals surface area contributed by atoms with Crippen LogP contribution in [0.3, 0.4) is 0 Å². The molecule has 1 aromatic heterocycles. The van der Waals surface area contributed by atoms with Gasteiger partial charge in [-0.25, -0.2) is 4.98 Å². The molecule has 0 aliphatic carbocycles. The summed E-state index contributed by atoms with van der Waals surface area (Å²) in [5.74, 6) is -0.782. The first-order valence-corrected chi connectivity index (χ1v) is 16.6. The van der Waals surface area contributed by atoms with E-state index in [9.17, 15) is 19.2 Å². The van der Waals surface area contributed by atoms with Gasteiger partial charge in [0.25, 0.3) is 0 Å². The Hall–Kier alpha value is -3.81. The van der Waals surface area contributed by atoms with Gasteiger partial charge in [-0.05, 0) is 51.8 Å². The minimum atomic E-state index is -0.709. The highest BCUT2D eigenvalue weighted by Crippen LogP contribution is 2.29. The van der Waals surface area contributed by atoms with Crippen molar-refractivity contribution >= 4 is 40.1 Å². The zero-order valence-electron chi connectivity index (χ0n) is 28.0. The van der Waals surface area contributed by atoms with Gasteiger partial charge >= 0.3 is 0 Å². The number of amides is 4. The molecule has 0 spiro atoms. The molecule has 5 atom stereocenters. The van der Waals surface area contributed by atoms with Crippen molar-refractivity contribution in [3.8, 4) is 0 Å². The van der Waals surface area contributed by atoms with Gasteiger partial charge < -0.3 is 36.8 Å². The number of hydrogen-bond acceptors (Lipinski definition) is 9. The molecule has 0 radical (unpaired) electrons. The van der Waals surface area contributed by atoms with Crippen LogP contribution in [-0.4, -0.2) is 84.9 Å². The molecule has 252 valence electrons. The molecule has 1 fully saturated rings. The number of thiazole rings is 1. The second kappa shape index (κ2) is 16.7. The molecule has 4 amide bonds. The summed E-state index contributed by atoms with van der Waals surface area (Å²) in [5.41, 5.74) is 1.69. The van der Waals surface area contributed by atoms with E-state index in [0.717, 1.165) is 18.4 Å². The third-order valence-corrected chi connectivity index (χ3v) is 8.99. The van der Waals surface area contributed by atoms with E-state index in [1.165, 1.54) is 11.3 Å². The Kier molecular flexibility index (Phi) is 13.3. The van der Waals surface area contributed by atoms with Crippen LogP contribution in [0.25, 0.3) is 0 Å². The van der Waals surface area contributed by atoms with Crippen molar-refractivity contribution in [3.05, 3.63) is 59.2 Å². The van der Waals surface area contributed by atoms with Crippen molar-refractivity contribution < 1.29 is 19.2 Å². The predicted octanol–water partition coefficient (Wildman–Crippen LogP) is 2.32. The number of benzene rings is 1. The summed E-state index contributed by atoms with van der Waals surface area (Å²) in [4.78, 5) is 58.0. The maximum absolute atomic E-state index is 13.9. The lowest BCUT2D eigenvalue weighted by molar-refractivity contribution is -0.140. The lowest BCUT2D eigenvalue weighted by Gasteiger charge is -2.37. The molecule has 12 nitrogen and oxygen atoms in total. The van der Waals surface area contributed by atoms with Gasteiger partial charge in [-0.1, -0.05) is 57.7 Å². The Balaban J connectivity index is 1.68. The number of hydrogen-bond donors (Lipinski definition) is 6. The van der Waals surface area contributed by atoms with Crippen molar-refractivity contribution in [3.63, 3.8) is 0 Å². The molecular formula is C33H50N8O4S. The van der Waals surface area contributed by atoms with E-state index < -0.39 is 17.5 Å². The van der Waals surface area contributed by atoms with E-state index in [0.29, 0.717) is 23.1 Å². The fourth-order valence-corrected chi connectivity index (χ4v) is 5.81. The van der Waals surface area contributed by atoms with Gasteiger partial charge in [0.05, 0.1) is 36.3 Å². The second-order valence-electron chi connectivity index (χ2n) is 12.8. The summed E-state index contributed by atoms with van der Waals surface area (Å²) in [5, 5.41) is 20.2. The molecule has 0 unspecified atom stereocenters. The number of nitrogens with zero attached hydrogens (tertiary/aromatic N) is 2. The molecule has 1 aliphatic heterocycles. The first-order valence-electron chi connectivity index (χ1n) is 15.7. The van der Waals surface area contributed by atoms with Crippen molar-refractivity contribution in [1.82, 2.24) is 36.5 Å². The zero-order chi connectivity index (χ0) is 34.0. The molecule has 0 bridgehead atoms. The molecule has 46 heavy (non-hydrogen) atoms. The van der Waals surface area contributed by atoms with E-state index in [2.05, 4.69) is 43.5 Å². The van der Waals surface area contributed by atoms with Gasteiger partial charge in [0.1, 0.15) is 6.04 Å². The van der Waals surface area contributed by atoms with Crippen LogP contribution in [0.2, 0.25) is 0 Å². The van der Waals surface area contributed by atoms with Crippen molar-refractivity contribution in [2.75, 3.05) is 32.5 Å². The van der Waals surface area contributed by atoms with Crippen molar-refractivity contribution in [1.29, 1.82) is 0 Å². The first-order chi connectivity index (χ1) is 21.7. The Morgan fingerprint density at radius 1 is 1.02 bits per heavy atom. The summed E-state index contributed by atoms with van der Waals surface area (Å²) in [7, 11) is 3.41. The highest BCUT2D eigenvalue weighted by atomic mass is 32.1. The van der Waals surface area contributed by atoms with Gasteiger partial charge in [-0.2, -0.15) is 0 Å². The standard InChI is InChI=1S/C33H50N8O4S/c1-20(26-15-12-16-41(26)31(45)28(33(4,5)6)39-29(43)21(2)34-7)37-25(23-13-10-9-11-14-23)18-36-27(42)17-24-19-46-32(38-24)40-30(44)22(3)35-8/h9-11,13-14,19,21-22,25-26,28,34-35,37H,1,12,15-18H2,2-8H3,(H,36,42)(H,39,43)(H,38,40,44)/t21-,22-,25+,26-,28+/m0/s1. The van der Waals surface area contributed by atoms with E-state index in [1.807, 2.05) is 56.0 Å². The summed E-state index contributed by atoms with van der Waals surface area (Å²) in [6.45, 7) is 14.5. The van der Waals surface area contributed by atoms with Gasteiger partial charge in [0, 0.05) is 24.2 Å². The minimum absolute atomic E-state index is 0.0629. The fourth-order valence-electron chi connectivity index (χ4n) is 5.10. The number of nitrogens with one attached hydrogen (secondary N) is 6. The van der Waals surface area contributed by atoms with Crippen LogP contribution in [0.15, 0.2) is 48.0 Å². The van der Waals surface area contributed by atoms with E-state index in [-0.39, 0.29) is 54.7 Å². The Morgan fingerprint density at radius 3 is 2.30 bits per heavy atom. The highest BCUT2D eigenvalue weighted by molar-refractivity contribution is 7.13. The average Bonchev–Trinajstić information content (AvgIpc) is 3.70. The largest absolute Gasteiger partial charge is 0.379 e. The number of likely N-dealkylation sites (N-methyl/N-ethyl adjacent to an activating group) is 2. The van der Waals surface area contributed by atoms with Crippen LogP contribution in [0, 0.1) is 5.41 Å². The van der Waals surface area contributed by atoms with Gasteiger partial charge in [-0.3, -0.25) is 19.2 Å². The number of likely N-dealkylation sites (tertiary alicyclic amines) is 1. The number of carbonyl (C=O) groups is 4. The normalized spacial score (nSPS) is 17.4. The molecule has 3 rings (SSSR count). The monoisotopic (exact) mass is 654 g/mol. The molecule has 2 aromatic rings. The third kappa shape index (κ3) is 10.1. The van der Waals surface area contributed by atoms with Crippen molar-refractivity contribution in [2.24, 2.45) is 5.41 Å². The Bertz CT molecular complexity index is 1360. The topological polar surface area (TPSA) is 157 Å². The molecule has 13 heteroatoms. The van der Waals surface area contributed by atoms with Gasteiger partial charge in [-0.15, -0.1) is 11.3 Å². The van der Waals surface area contributed by atoms with Crippen LogP contribution < -0.4 is 31.9 Å². The molecule has 1 aliphatic rings. The number of aromatic nitrogens is 1. The summed E-state index contributed by atoms with van der Waals surface area (Å²) >= 11 is 1.27. The molecule has 1 saturated heterocycles. The molecule has 2 heterocycles. The second-order valence-corrected chi connectivity index (χ2v) is 13.6. The van der Waals surface area contributed by atoms with Crippen molar-refractivity contribution in [2.45, 2.75) is 84.1 Å². The number of rotatable bonds is 15. The van der Waals surface area contributed by atoms with Gasteiger partial charge in [0.15, 0.2) is 5.13 Å². The van der Waals surface area contributed by atoms with Crippen LogP contribution in [0.1, 0.15) is 64.8 Å². The maximum Gasteiger partial charge on any atom is 0.246 e. The maximum atomic E-state index is 13.9. The highest BCUT2D eigenvalue weighted by Gasteiger charge is 2.41. The third-order valence-electron chi connectivity index (χ3n) is 8.18. The SMILES string of the molecule is C=C(N[C@H](CNC(=O)Cc1csc(NC(=O)[C@H](C)NC)n1)c1ccccc1)[C@@H]1CCCN1C(=O)[C@@H](NC(=O)[C@H](C)NC)C(C)(C)C. The first kappa shape index (κ1) is 36.7. The van der Waals surface area contributed by atoms with E-state index in [4.69, 9.17) is 0 Å². The summed E-state index contributed by atoms with van der Waals surface area (Å²) in [6, 6.07) is 7.66. The summed E-state index contributed by atoms with van der Waals surface area (Å²) < 4.78 is 0. The average molecular weight is 655 g/mol. The quantitative estimate of drug-likeness (QED) is 0.171. The smallest absolute Gasteiger partial charge is 0.246 e. The van der Waals surface area contributed by atoms with Crippen LogP contribution in [0.5, 0.6) is 0 Å². The predicted molar refractivity (Wildman–Crippen MR) is 182 cm³/mol. The summed E-state index contributed by atoms with van der Waals surface area (Å²) in [6.07, 6.45) is 1.61. The van der Waals surface area contributed by atoms with E-state index in [1.54, 1.807) is 33.3 Å². The zero-order valence-corrected chi connectivity index (χ0v) is 28.8. The molecule has 1 aromatic carbocycles. The number of anilines is 1. The molecule has 6 N–H and O–H groups in total. The fraction of sp³-hybridized carbons (Fsp3) is 0.545. The number of carbonyl (C=O) groups excluding carboxylic acids is 4. The molecule has 0 saturated carbocycles. The van der Waals surface area contributed by atoms with Gasteiger partial charge in [0.2, 0.25) is 23.6 Å². The lowest BCUT2D eigenvalue weighted by Crippen LogP contribution is -2.58. The minimum Gasteiger partial charge on any atom is -0.379 e. The lowest BCUT2D eigenvalue weighted by atomic mass is 9.85. The van der Waals surface area contributed by atoms with Crippen LogP contribution in [0.4, 0.5) is 5.13 Å². The Morgan fingerprint density at radius 2 is 1.67 bits per heavy atom. The van der Waals surface area contributed by atoms with Crippen LogP contribution >= 0.6 is 11.3 Å². The molecular weight excluding hydrogens is 604 g/mol. The van der Waals surface area contributed by atoms with E-state index >= 15 is 0 Å². The van der Waals surface area contributed by atoms with Crippen LogP contribution in [-0.2, 0) is 25.6 Å².